The summed E-state index contributed by atoms with van der Waals surface area (Å²) in [6, 6.07) is 0.104. The molecule has 1 saturated heterocycles. The van der Waals surface area contributed by atoms with Crippen molar-refractivity contribution in [2.75, 3.05) is 12.3 Å². The van der Waals surface area contributed by atoms with E-state index in [0.717, 1.165) is 12.3 Å². The molecule has 0 aromatic rings. The van der Waals surface area contributed by atoms with Crippen LogP contribution in [0.5, 0.6) is 0 Å². The molecule has 0 aromatic carbocycles. The van der Waals surface area contributed by atoms with Crippen LogP contribution >= 0.6 is 11.8 Å². The molecule has 2 heterocycles. The van der Waals surface area contributed by atoms with Crippen molar-refractivity contribution in [3.05, 3.63) is 10.6 Å². The Kier molecular flexibility index (Phi) is 6.51. The second kappa shape index (κ2) is 8.23. The van der Waals surface area contributed by atoms with E-state index in [9.17, 15) is 19.8 Å². The zero-order valence-corrected chi connectivity index (χ0v) is 16.0. The van der Waals surface area contributed by atoms with Gasteiger partial charge in [0.15, 0.2) is 0 Å². The van der Waals surface area contributed by atoms with Crippen LogP contribution in [0.2, 0.25) is 0 Å². The number of carbonyl (C=O) groups is 2. The van der Waals surface area contributed by atoms with Crippen molar-refractivity contribution < 1.29 is 19.8 Å². The van der Waals surface area contributed by atoms with E-state index in [1.54, 1.807) is 6.92 Å². The molecule has 1 amide bonds. The van der Waals surface area contributed by atoms with Gasteiger partial charge in [0.25, 0.3) is 0 Å². The van der Waals surface area contributed by atoms with E-state index in [4.69, 9.17) is 0 Å². The Balaban J connectivity index is 1.98. The third-order valence-electron chi connectivity index (χ3n) is 4.35. The number of amidine groups is 1. The van der Waals surface area contributed by atoms with E-state index in [1.165, 1.54) is 16.7 Å². The van der Waals surface area contributed by atoms with Gasteiger partial charge in [0, 0.05) is 29.5 Å². The van der Waals surface area contributed by atoms with Crippen molar-refractivity contribution >= 4 is 29.5 Å². The van der Waals surface area contributed by atoms with Crippen LogP contribution in [-0.4, -0.2) is 63.3 Å². The summed E-state index contributed by atoms with van der Waals surface area (Å²) in [5.74, 6) is -0.263. The SMILES string of the molecule is CCC(=NCCSC1=C(C(=O)O)N2C(=O)[C@H]([C@@H](C)O)[C@H]2C1)NC(C)C. The number of aliphatic hydroxyl groups is 1. The second-order valence-electron chi connectivity index (χ2n) is 6.65. The number of nitrogens with one attached hydrogen (secondary N) is 1. The monoisotopic (exact) mass is 369 g/mol. The van der Waals surface area contributed by atoms with E-state index in [-0.39, 0.29) is 17.6 Å². The molecular formula is C17H27N3O4S. The lowest BCUT2D eigenvalue weighted by molar-refractivity contribution is -0.161. The maximum atomic E-state index is 12.1. The molecule has 25 heavy (non-hydrogen) atoms. The van der Waals surface area contributed by atoms with Gasteiger partial charge in [-0.25, -0.2) is 4.79 Å². The number of amides is 1. The summed E-state index contributed by atoms with van der Waals surface area (Å²) < 4.78 is 0. The molecule has 0 unspecified atom stereocenters. The lowest BCUT2D eigenvalue weighted by Gasteiger charge is -2.44. The lowest BCUT2D eigenvalue weighted by atomic mass is 9.83. The van der Waals surface area contributed by atoms with Crippen molar-refractivity contribution in [2.45, 2.75) is 58.7 Å². The molecule has 140 valence electrons. The van der Waals surface area contributed by atoms with Gasteiger partial charge in [-0.2, -0.15) is 0 Å². The van der Waals surface area contributed by atoms with Crippen LogP contribution in [0.3, 0.4) is 0 Å². The van der Waals surface area contributed by atoms with E-state index in [0.29, 0.717) is 29.7 Å². The fourth-order valence-electron chi connectivity index (χ4n) is 3.30. The zero-order chi connectivity index (χ0) is 18.7. The van der Waals surface area contributed by atoms with Crippen LogP contribution < -0.4 is 5.32 Å². The summed E-state index contributed by atoms with van der Waals surface area (Å²) in [7, 11) is 0. The molecule has 8 heteroatoms. The molecule has 2 aliphatic rings. The highest BCUT2D eigenvalue weighted by Crippen LogP contribution is 2.46. The quantitative estimate of drug-likeness (QED) is 0.259. The average Bonchev–Trinajstić information content (AvgIpc) is 2.84. The van der Waals surface area contributed by atoms with Gasteiger partial charge in [-0.15, -0.1) is 11.8 Å². The van der Waals surface area contributed by atoms with E-state index < -0.39 is 18.0 Å². The molecule has 0 bridgehead atoms. The molecule has 3 atom stereocenters. The first kappa shape index (κ1) is 19.8. The third-order valence-corrected chi connectivity index (χ3v) is 5.45. The highest BCUT2D eigenvalue weighted by atomic mass is 32.2. The first-order chi connectivity index (χ1) is 11.8. The fourth-order valence-corrected chi connectivity index (χ4v) is 4.34. The smallest absolute Gasteiger partial charge is 0.353 e. The Hall–Kier alpha value is -1.54. The van der Waals surface area contributed by atoms with Crippen LogP contribution in [-0.2, 0) is 9.59 Å². The number of fused-ring (bicyclic) bond motifs is 1. The zero-order valence-electron chi connectivity index (χ0n) is 15.2. The van der Waals surface area contributed by atoms with Gasteiger partial charge in [-0.1, -0.05) is 6.92 Å². The van der Waals surface area contributed by atoms with Gasteiger partial charge < -0.3 is 20.4 Å². The first-order valence-corrected chi connectivity index (χ1v) is 9.66. The Morgan fingerprint density at radius 1 is 1.44 bits per heavy atom. The molecule has 2 rings (SSSR count). The van der Waals surface area contributed by atoms with Gasteiger partial charge in [-0.3, -0.25) is 9.79 Å². The van der Waals surface area contributed by atoms with Crippen molar-refractivity contribution in [3.8, 4) is 0 Å². The first-order valence-electron chi connectivity index (χ1n) is 8.68. The minimum atomic E-state index is -1.08. The Morgan fingerprint density at radius 2 is 2.12 bits per heavy atom. The van der Waals surface area contributed by atoms with Gasteiger partial charge >= 0.3 is 5.97 Å². The van der Waals surface area contributed by atoms with Gasteiger partial charge in [0.05, 0.1) is 30.4 Å². The molecule has 2 aliphatic heterocycles. The summed E-state index contributed by atoms with van der Waals surface area (Å²) in [6.07, 6.45) is 0.570. The Bertz CT molecular complexity index is 601. The summed E-state index contributed by atoms with van der Waals surface area (Å²) in [5, 5.41) is 22.5. The number of hydrogen-bond acceptors (Lipinski definition) is 5. The van der Waals surface area contributed by atoms with Crippen molar-refractivity contribution in [3.63, 3.8) is 0 Å². The van der Waals surface area contributed by atoms with Crippen LogP contribution in [0.15, 0.2) is 15.6 Å². The Morgan fingerprint density at radius 3 is 2.64 bits per heavy atom. The van der Waals surface area contributed by atoms with Gasteiger partial charge in [0.1, 0.15) is 5.70 Å². The van der Waals surface area contributed by atoms with Gasteiger partial charge in [0.2, 0.25) is 5.91 Å². The maximum absolute atomic E-state index is 12.1. The molecule has 0 saturated carbocycles. The molecule has 3 N–H and O–H groups in total. The van der Waals surface area contributed by atoms with Crippen LogP contribution in [0.1, 0.15) is 40.5 Å². The van der Waals surface area contributed by atoms with Crippen molar-refractivity contribution in [2.24, 2.45) is 10.9 Å². The number of aliphatic carboxylic acids is 1. The number of aliphatic imine (C=N–C) groups is 1. The van der Waals surface area contributed by atoms with Crippen molar-refractivity contribution in [1.82, 2.24) is 10.2 Å². The highest BCUT2D eigenvalue weighted by Gasteiger charge is 2.56. The van der Waals surface area contributed by atoms with Crippen LogP contribution in [0, 0.1) is 5.92 Å². The normalized spacial score (nSPS) is 24.5. The predicted octanol–water partition coefficient (Wildman–Crippen LogP) is 1.43. The summed E-state index contributed by atoms with van der Waals surface area (Å²) >= 11 is 1.44. The number of hydrogen-bond donors (Lipinski definition) is 3. The average molecular weight is 369 g/mol. The largest absolute Gasteiger partial charge is 0.477 e. The molecule has 0 radical (unpaired) electrons. The summed E-state index contributed by atoms with van der Waals surface area (Å²) in [6.45, 7) is 8.32. The molecule has 7 nitrogen and oxygen atoms in total. The fraction of sp³-hybridized carbons (Fsp3) is 0.706. The van der Waals surface area contributed by atoms with Crippen LogP contribution in [0.4, 0.5) is 0 Å². The number of nitrogens with zero attached hydrogens (tertiary/aromatic N) is 2. The Labute approximate surface area is 152 Å². The minimum Gasteiger partial charge on any atom is -0.477 e. The highest BCUT2D eigenvalue weighted by molar-refractivity contribution is 8.03. The predicted molar refractivity (Wildman–Crippen MR) is 98.4 cm³/mol. The second-order valence-corrected chi connectivity index (χ2v) is 7.84. The number of carbonyl (C=O) groups excluding carboxylic acids is 1. The van der Waals surface area contributed by atoms with E-state index in [1.807, 2.05) is 6.92 Å². The number of thioether (sulfide) groups is 1. The van der Waals surface area contributed by atoms with E-state index in [2.05, 4.69) is 24.2 Å². The number of aliphatic hydroxyl groups excluding tert-OH is 1. The van der Waals surface area contributed by atoms with Crippen LogP contribution in [0.25, 0.3) is 0 Å². The standard InChI is InChI=1S/C17H27N3O4S/c1-5-13(19-9(2)3)18-6-7-25-12-8-11-14(10(4)21)16(22)20(11)15(12)17(23)24/h9-11,14,21H,5-8H2,1-4H3,(H,18,19)(H,23,24)/t10-,11-,14-/m1/s1. The lowest BCUT2D eigenvalue weighted by Crippen LogP contribution is -2.61. The number of carboxylic acid groups (broad SMARTS) is 1. The summed E-state index contributed by atoms with van der Waals surface area (Å²) in [4.78, 5) is 30.3. The topological polar surface area (TPSA) is 102 Å². The number of rotatable bonds is 8. The molecule has 0 spiro atoms. The maximum Gasteiger partial charge on any atom is 0.353 e. The van der Waals surface area contributed by atoms with E-state index >= 15 is 0 Å². The molecular weight excluding hydrogens is 342 g/mol. The molecule has 1 fully saturated rings. The number of carboxylic acids is 1. The third kappa shape index (κ3) is 4.17. The molecule has 0 aromatic heterocycles. The summed E-state index contributed by atoms with van der Waals surface area (Å²) in [5.41, 5.74) is 0.0805. The molecule has 0 aliphatic carbocycles. The van der Waals surface area contributed by atoms with Gasteiger partial charge in [-0.05, 0) is 20.8 Å². The number of β-lactam (4-membered cyclic amide) rings is 1. The minimum absolute atomic E-state index is 0.0805. The van der Waals surface area contributed by atoms with Crippen molar-refractivity contribution in [1.29, 1.82) is 0 Å².